The highest BCUT2D eigenvalue weighted by Crippen LogP contribution is 2.25. The second-order valence-electron chi connectivity index (χ2n) is 2.74. The van der Waals surface area contributed by atoms with Crippen LogP contribution in [0, 0.1) is 19.3 Å². The predicted molar refractivity (Wildman–Crippen MR) is 56.5 cm³/mol. The molecule has 0 spiro atoms. The highest BCUT2D eigenvalue weighted by molar-refractivity contribution is 7.99. The molecule has 1 atom stereocenters. The molecule has 1 heterocycles. The molecule has 1 unspecified atom stereocenters. The van der Waals surface area contributed by atoms with E-state index in [2.05, 4.69) is 22.8 Å². The van der Waals surface area contributed by atoms with E-state index < -0.39 is 0 Å². The van der Waals surface area contributed by atoms with Crippen molar-refractivity contribution in [2.45, 2.75) is 19.1 Å². The van der Waals surface area contributed by atoms with Crippen molar-refractivity contribution in [2.24, 2.45) is 0 Å². The number of hydrogen-bond acceptors (Lipinski definition) is 3. The molecule has 3 heteroatoms. The molecule has 0 aliphatic carbocycles. The van der Waals surface area contributed by atoms with Crippen molar-refractivity contribution in [3.63, 3.8) is 0 Å². The van der Waals surface area contributed by atoms with E-state index in [1.165, 1.54) is 0 Å². The third kappa shape index (κ3) is 3.08. The average Bonchev–Trinajstić information content (AvgIpc) is 2.15. The molecule has 0 aliphatic heterocycles. The van der Waals surface area contributed by atoms with Crippen LogP contribution in [0.3, 0.4) is 0 Å². The third-order valence-corrected chi connectivity index (χ3v) is 2.71. The van der Waals surface area contributed by atoms with Gasteiger partial charge >= 0.3 is 0 Å². The molecule has 0 amide bonds. The molecule has 1 aromatic rings. The van der Waals surface area contributed by atoms with Crippen LogP contribution in [0.25, 0.3) is 0 Å². The van der Waals surface area contributed by atoms with Crippen molar-refractivity contribution in [1.29, 1.82) is 0 Å². The zero-order chi connectivity index (χ0) is 9.68. The van der Waals surface area contributed by atoms with Gasteiger partial charge in [-0.3, -0.25) is 9.97 Å². The summed E-state index contributed by atoms with van der Waals surface area (Å²) in [7, 11) is 0. The Morgan fingerprint density at radius 2 is 2.31 bits per heavy atom. The van der Waals surface area contributed by atoms with Gasteiger partial charge < -0.3 is 0 Å². The second-order valence-corrected chi connectivity index (χ2v) is 4.07. The Morgan fingerprint density at radius 3 is 2.85 bits per heavy atom. The summed E-state index contributed by atoms with van der Waals surface area (Å²) in [5.41, 5.74) is 1.93. The number of aromatic nitrogens is 2. The number of nitrogens with zero attached hydrogens (tertiary/aromatic N) is 2. The van der Waals surface area contributed by atoms with E-state index in [0.29, 0.717) is 5.25 Å². The highest BCUT2D eigenvalue weighted by atomic mass is 32.2. The van der Waals surface area contributed by atoms with Crippen LogP contribution in [-0.2, 0) is 0 Å². The molecule has 1 aromatic heterocycles. The van der Waals surface area contributed by atoms with Crippen LogP contribution in [0.4, 0.5) is 0 Å². The maximum absolute atomic E-state index is 5.17. The summed E-state index contributed by atoms with van der Waals surface area (Å²) in [6, 6.07) is 0. The largest absolute Gasteiger partial charge is 0.258 e. The average molecular weight is 192 g/mol. The Bertz CT molecular complexity index is 300. The smallest absolute Gasteiger partial charge is 0.0714 e. The van der Waals surface area contributed by atoms with E-state index in [9.17, 15) is 0 Å². The first-order chi connectivity index (χ1) is 6.24. The molecule has 0 fully saturated rings. The van der Waals surface area contributed by atoms with Gasteiger partial charge in [0.25, 0.3) is 0 Å². The Labute approximate surface area is 83.2 Å². The zero-order valence-corrected chi connectivity index (χ0v) is 8.64. The Kier molecular flexibility index (Phi) is 3.78. The molecule has 1 rings (SSSR count). The maximum atomic E-state index is 5.17. The molecular weight excluding hydrogens is 180 g/mol. The van der Waals surface area contributed by atoms with Crippen molar-refractivity contribution in [3.8, 4) is 12.3 Å². The lowest BCUT2D eigenvalue weighted by Crippen LogP contribution is -1.95. The lowest BCUT2D eigenvalue weighted by atomic mass is 10.3. The van der Waals surface area contributed by atoms with Gasteiger partial charge in [-0.25, -0.2) is 0 Å². The summed E-state index contributed by atoms with van der Waals surface area (Å²) in [5.74, 6) is 3.31. The lowest BCUT2D eigenvalue weighted by Gasteiger charge is -2.07. The Hall–Kier alpha value is -1.01. The fourth-order valence-electron chi connectivity index (χ4n) is 0.871. The summed E-state index contributed by atoms with van der Waals surface area (Å²) >= 11 is 1.70. The van der Waals surface area contributed by atoms with Crippen molar-refractivity contribution >= 4 is 11.8 Å². The summed E-state index contributed by atoms with van der Waals surface area (Å²) in [6.07, 6.45) is 8.76. The lowest BCUT2D eigenvalue weighted by molar-refractivity contribution is 0.959. The molecular formula is C10H12N2S. The summed E-state index contributed by atoms with van der Waals surface area (Å²) in [4.78, 5) is 8.46. The molecule has 0 saturated heterocycles. The van der Waals surface area contributed by atoms with Gasteiger partial charge in [-0.05, 0) is 13.8 Å². The summed E-state index contributed by atoms with van der Waals surface area (Å²) < 4.78 is 0. The first-order valence-corrected chi connectivity index (χ1v) is 5.12. The minimum absolute atomic E-state index is 0.323. The van der Waals surface area contributed by atoms with Crippen LogP contribution < -0.4 is 0 Å². The second kappa shape index (κ2) is 4.88. The number of terminal acetylenes is 1. The Balaban J connectivity index is 2.62. The highest BCUT2D eigenvalue weighted by Gasteiger charge is 2.06. The molecule has 0 radical (unpaired) electrons. The molecule has 2 nitrogen and oxygen atoms in total. The fraction of sp³-hybridized carbons (Fsp3) is 0.400. The van der Waals surface area contributed by atoms with Crippen molar-refractivity contribution in [2.75, 3.05) is 5.75 Å². The number of aryl methyl sites for hydroxylation is 1. The molecule has 0 N–H and O–H groups in total. The summed E-state index contributed by atoms with van der Waals surface area (Å²) in [6.45, 7) is 4.01. The van der Waals surface area contributed by atoms with Crippen molar-refractivity contribution in [3.05, 3.63) is 23.8 Å². The summed E-state index contributed by atoms with van der Waals surface area (Å²) in [5, 5.41) is 0.323. The van der Waals surface area contributed by atoms with E-state index in [0.717, 1.165) is 17.1 Å². The molecule has 13 heavy (non-hydrogen) atoms. The van der Waals surface area contributed by atoms with Gasteiger partial charge in [0.1, 0.15) is 0 Å². The molecule has 0 bridgehead atoms. The van der Waals surface area contributed by atoms with Gasteiger partial charge in [-0.15, -0.1) is 18.2 Å². The minimum atomic E-state index is 0.323. The SMILES string of the molecule is C#CCSC(C)c1cnc(C)cn1. The van der Waals surface area contributed by atoms with Gasteiger partial charge in [0.05, 0.1) is 17.1 Å². The minimum Gasteiger partial charge on any atom is -0.258 e. The zero-order valence-electron chi connectivity index (χ0n) is 7.82. The van der Waals surface area contributed by atoms with E-state index in [-0.39, 0.29) is 0 Å². The van der Waals surface area contributed by atoms with Crippen LogP contribution >= 0.6 is 11.8 Å². The first-order valence-electron chi connectivity index (χ1n) is 4.07. The van der Waals surface area contributed by atoms with Gasteiger partial charge in [-0.2, -0.15) is 0 Å². The number of hydrogen-bond donors (Lipinski definition) is 0. The fourth-order valence-corrected chi connectivity index (χ4v) is 1.51. The molecule has 68 valence electrons. The predicted octanol–water partition coefficient (Wildman–Crippen LogP) is 2.21. The molecule has 0 aliphatic rings. The van der Waals surface area contributed by atoms with Gasteiger partial charge in [0, 0.05) is 17.6 Å². The molecule has 0 aromatic carbocycles. The van der Waals surface area contributed by atoms with Crippen molar-refractivity contribution < 1.29 is 0 Å². The Morgan fingerprint density at radius 1 is 1.54 bits per heavy atom. The van der Waals surface area contributed by atoms with E-state index >= 15 is 0 Å². The van der Waals surface area contributed by atoms with E-state index in [1.807, 2.05) is 13.1 Å². The first kappa shape index (κ1) is 10.1. The van der Waals surface area contributed by atoms with Crippen LogP contribution in [-0.4, -0.2) is 15.7 Å². The van der Waals surface area contributed by atoms with Crippen molar-refractivity contribution in [1.82, 2.24) is 9.97 Å². The maximum Gasteiger partial charge on any atom is 0.0714 e. The van der Waals surface area contributed by atoms with E-state index in [4.69, 9.17) is 6.42 Å². The normalized spacial score (nSPS) is 12.1. The van der Waals surface area contributed by atoms with Gasteiger partial charge in [-0.1, -0.05) is 5.92 Å². The standard InChI is InChI=1S/C10H12N2S/c1-4-5-13-9(3)10-7-11-8(2)6-12-10/h1,6-7,9H,5H2,2-3H3. The van der Waals surface area contributed by atoms with Gasteiger partial charge in [0.15, 0.2) is 0 Å². The molecule has 0 saturated carbocycles. The van der Waals surface area contributed by atoms with E-state index in [1.54, 1.807) is 18.0 Å². The van der Waals surface area contributed by atoms with Gasteiger partial charge in [0.2, 0.25) is 0 Å². The van der Waals surface area contributed by atoms with Crippen LogP contribution in [0.1, 0.15) is 23.6 Å². The monoisotopic (exact) mass is 192 g/mol. The third-order valence-electron chi connectivity index (χ3n) is 1.63. The van der Waals surface area contributed by atoms with Crippen LogP contribution in [0.2, 0.25) is 0 Å². The quantitative estimate of drug-likeness (QED) is 0.687. The number of rotatable bonds is 3. The topological polar surface area (TPSA) is 25.8 Å². The number of thioether (sulfide) groups is 1. The van der Waals surface area contributed by atoms with Crippen LogP contribution in [0.15, 0.2) is 12.4 Å². The van der Waals surface area contributed by atoms with Crippen LogP contribution in [0.5, 0.6) is 0 Å².